The van der Waals surface area contributed by atoms with Gasteiger partial charge in [-0.3, -0.25) is 9.69 Å². The van der Waals surface area contributed by atoms with Crippen molar-refractivity contribution in [1.82, 2.24) is 10.2 Å². The van der Waals surface area contributed by atoms with E-state index in [2.05, 4.69) is 10.2 Å². The number of rotatable bonds is 5. The molecule has 1 amide bonds. The van der Waals surface area contributed by atoms with Crippen LogP contribution in [0.25, 0.3) is 0 Å². The Bertz CT molecular complexity index is 636. The zero-order chi connectivity index (χ0) is 16.1. The second kappa shape index (κ2) is 7.70. The zero-order valence-corrected chi connectivity index (χ0v) is 14.1. The molecule has 1 aliphatic heterocycles. The highest BCUT2D eigenvalue weighted by atomic mass is 32.2. The highest BCUT2D eigenvalue weighted by Gasteiger charge is 2.24. The number of carbonyl (C=O) groups is 1. The fraction of sp³-hybridized carbons (Fsp3) is 0.389. The lowest BCUT2D eigenvalue weighted by atomic mass is 10.1. The van der Waals surface area contributed by atoms with E-state index in [0.29, 0.717) is 6.54 Å². The fourth-order valence-electron chi connectivity index (χ4n) is 2.92. The van der Waals surface area contributed by atoms with Crippen LogP contribution in [0, 0.1) is 6.92 Å². The number of benzene rings is 1. The Morgan fingerprint density at radius 1 is 1.30 bits per heavy atom. The van der Waals surface area contributed by atoms with Crippen molar-refractivity contribution in [3.8, 4) is 0 Å². The van der Waals surface area contributed by atoms with Gasteiger partial charge in [0, 0.05) is 42.3 Å². The summed E-state index contributed by atoms with van der Waals surface area (Å²) in [6, 6.07) is 9.84. The van der Waals surface area contributed by atoms with Gasteiger partial charge in [-0.1, -0.05) is 18.2 Å². The lowest BCUT2D eigenvalue weighted by molar-refractivity contribution is 0.0934. The first kappa shape index (κ1) is 16.1. The highest BCUT2D eigenvalue weighted by molar-refractivity contribution is 7.99. The molecule has 2 aromatic rings. The van der Waals surface area contributed by atoms with E-state index < -0.39 is 0 Å². The number of hydrogen-bond acceptors (Lipinski definition) is 4. The Morgan fingerprint density at radius 2 is 2.09 bits per heavy atom. The van der Waals surface area contributed by atoms with E-state index in [1.165, 1.54) is 0 Å². The monoisotopic (exact) mass is 330 g/mol. The Balaban J connectivity index is 1.69. The molecule has 1 fully saturated rings. The predicted molar refractivity (Wildman–Crippen MR) is 93.9 cm³/mol. The molecule has 0 unspecified atom stereocenters. The first-order chi connectivity index (χ1) is 11.3. The third-order valence-corrected chi connectivity index (χ3v) is 5.20. The number of carbonyl (C=O) groups excluding carboxylic acids is 1. The molecular weight excluding hydrogens is 308 g/mol. The second-order valence-electron chi connectivity index (χ2n) is 5.75. The molecule has 5 heteroatoms. The molecular formula is C18H22N2O2S. The maximum absolute atomic E-state index is 12.5. The van der Waals surface area contributed by atoms with Gasteiger partial charge in [-0.05, 0) is 24.6 Å². The molecule has 1 aromatic carbocycles. The largest absolute Gasteiger partial charge is 0.472 e. The van der Waals surface area contributed by atoms with Crippen LogP contribution in [-0.4, -0.2) is 41.9 Å². The average Bonchev–Trinajstić information content (AvgIpc) is 3.10. The van der Waals surface area contributed by atoms with Crippen LogP contribution in [0.5, 0.6) is 0 Å². The van der Waals surface area contributed by atoms with E-state index in [9.17, 15) is 4.79 Å². The second-order valence-corrected chi connectivity index (χ2v) is 6.97. The third kappa shape index (κ3) is 3.98. The first-order valence-electron chi connectivity index (χ1n) is 7.93. The molecule has 23 heavy (non-hydrogen) atoms. The minimum absolute atomic E-state index is 0.0111. The Kier molecular flexibility index (Phi) is 5.41. The summed E-state index contributed by atoms with van der Waals surface area (Å²) in [5.41, 5.74) is 2.87. The van der Waals surface area contributed by atoms with Gasteiger partial charge in [-0.25, -0.2) is 0 Å². The van der Waals surface area contributed by atoms with Gasteiger partial charge in [-0.2, -0.15) is 11.8 Å². The summed E-state index contributed by atoms with van der Waals surface area (Å²) in [6.45, 7) is 4.64. The van der Waals surface area contributed by atoms with Crippen molar-refractivity contribution in [3.05, 3.63) is 59.5 Å². The van der Waals surface area contributed by atoms with Crippen molar-refractivity contribution in [2.75, 3.05) is 31.1 Å². The van der Waals surface area contributed by atoms with Crippen molar-refractivity contribution in [2.45, 2.75) is 13.0 Å². The van der Waals surface area contributed by atoms with Crippen LogP contribution in [0.15, 0.2) is 47.3 Å². The lowest BCUT2D eigenvalue weighted by Crippen LogP contribution is -2.42. The van der Waals surface area contributed by atoms with Gasteiger partial charge in [0.05, 0.1) is 18.6 Å². The average molecular weight is 330 g/mol. The number of nitrogens with one attached hydrogen (secondary N) is 1. The summed E-state index contributed by atoms with van der Waals surface area (Å²) >= 11 is 1.98. The van der Waals surface area contributed by atoms with Gasteiger partial charge < -0.3 is 9.73 Å². The summed E-state index contributed by atoms with van der Waals surface area (Å²) < 4.78 is 5.25. The van der Waals surface area contributed by atoms with Crippen molar-refractivity contribution in [1.29, 1.82) is 0 Å². The van der Waals surface area contributed by atoms with Crippen LogP contribution in [0.1, 0.15) is 27.5 Å². The molecule has 3 rings (SSSR count). The van der Waals surface area contributed by atoms with E-state index >= 15 is 0 Å². The molecule has 0 saturated carbocycles. The molecule has 1 atom stereocenters. The maximum Gasteiger partial charge on any atom is 0.251 e. The van der Waals surface area contributed by atoms with Crippen LogP contribution in [0.2, 0.25) is 0 Å². The third-order valence-electron chi connectivity index (χ3n) is 4.26. The number of thioether (sulfide) groups is 1. The SMILES string of the molecule is Cc1ccccc1C(=O)NC[C@@H](c1ccoc1)N1CCSCC1. The van der Waals surface area contributed by atoms with E-state index in [1.54, 1.807) is 12.5 Å². The van der Waals surface area contributed by atoms with E-state index in [4.69, 9.17) is 4.42 Å². The van der Waals surface area contributed by atoms with E-state index in [1.807, 2.05) is 49.0 Å². The van der Waals surface area contributed by atoms with E-state index in [0.717, 1.165) is 41.3 Å². The molecule has 0 aliphatic carbocycles. The smallest absolute Gasteiger partial charge is 0.251 e. The Hall–Kier alpha value is -1.72. The van der Waals surface area contributed by atoms with Gasteiger partial charge in [0.15, 0.2) is 0 Å². The number of amides is 1. The van der Waals surface area contributed by atoms with Gasteiger partial charge in [-0.15, -0.1) is 0 Å². The van der Waals surface area contributed by atoms with Crippen LogP contribution in [0.3, 0.4) is 0 Å². The molecule has 4 nitrogen and oxygen atoms in total. The molecule has 0 radical (unpaired) electrons. The summed E-state index contributed by atoms with van der Waals surface area (Å²) in [4.78, 5) is 14.9. The fourth-order valence-corrected chi connectivity index (χ4v) is 3.86. The van der Waals surface area contributed by atoms with Crippen molar-refractivity contribution >= 4 is 17.7 Å². The Labute approximate surface area is 141 Å². The number of nitrogens with zero attached hydrogens (tertiary/aromatic N) is 1. The van der Waals surface area contributed by atoms with E-state index in [-0.39, 0.29) is 11.9 Å². The van der Waals surface area contributed by atoms with Crippen molar-refractivity contribution in [3.63, 3.8) is 0 Å². The first-order valence-corrected chi connectivity index (χ1v) is 9.09. The summed E-state index contributed by atoms with van der Waals surface area (Å²) in [6.07, 6.45) is 3.48. The Morgan fingerprint density at radius 3 is 2.78 bits per heavy atom. The highest BCUT2D eigenvalue weighted by Crippen LogP contribution is 2.24. The van der Waals surface area contributed by atoms with Crippen LogP contribution < -0.4 is 5.32 Å². The van der Waals surface area contributed by atoms with Gasteiger partial charge in [0.2, 0.25) is 0 Å². The minimum Gasteiger partial charge on any atom is -0.472 e. The van der Waals surface area contributed by atoms with Crippen LogP contribution >= 0.6 is 11.8 Å². The molecule has 1 aromatic heterocycles. The molecule has 1 N–H and O–H groups in total. The number of hydrogen-bond donors (Lipinski definition) is 1. The van der Waals surface area contributed by atoms with Gasteiger partial charge in [0.1, 0.15) is 0 Å². The number of furan rings is 1. The molecule has 1 saturated heterocycles. The van der Waals surface area contributed by atoms with Crippen LogP contribution in [-0.2, 0) is 0 Å². The standard InChI is InChI=1S/C18H22N2O2S/c1-14-4-2-3-5-16(14)18(21)19-12-17(15-6-9-22-13-15)20-7-10-23-11-8-20/h2-6,9,13,17H,7-8,10-12H2,1H3,(H,19,21)/t17-/m0/s1. The number of aryl methyl sites for hydroxylation is 1. The van der Waals surface area contributed by atoms with Crippen molar-refractivity contribution < 1.29 is 9.21 Å². The van der Waals surface area contributed by atoms with Gasteiger partial charge >= 0.3 is 0 Å². The minimum atomic E-state index is -0.0111. The quantitative estimate of drug-likeness (QED) is 0.915. The summed E-state index contributed by atoms with van der Waals surface area (Å²) in [7, 11) is 0. The molecule has 1 aliphatic rings. The van der Waals surface area contributed by atoms with Gasteiger partial charge in [0.25, 0.3) is 5.91 Å². The van der Waals surface area contributed by atoms with Crippen molar-refractivity contribution in [2.24, 2.45) is 0 Å². The zero-order valence-electron chi connectivity index (χ0n) is 13.3. The molecule has 2 heterocycles. The molecule has 0 spiro atoms. The normalized spacial score (nSPS) is 16.9. The molecule has 0 bridgehead atoms. The maximum atomic E-state index is 12.5. The molecule has 122 valence electrons. The predicted octanol–water partition coefficient (Wildman–Crippen LogP) is 3.11. The van der Waals surface area contributed by atoms with Crippen LogP contribution in [0.4, 0.5) is 0 Å². The summed E-state index contributed by atoms with van der Waals surface area (Å²) in [5, 5.41) is 3.10. The summed E-state index contributed by atoms with van der Waals surface area (Å²) in [5.74, 6) is 2.27. The topological polar surface area (TPSA) is 45.5 Å². The lowest BCUT2D eigenvalue weighted by Gasteiger charge is -2.34.